The van der Waals surface area contributed by atoms with E-state index in [0.29, 0.717) is 5.95 Å². The molecule has 0 bridgehead atoms. The number of aromatic nitrogens is 3. The molecule has 1 aromatic heterocycles. The molecule has 0 aliphatic heterocycles. The number of hydrogen-bond acceptors (Lipinski definition) is 6. The Kier molecular flexibility index (Phi) is 3.40. The van der Waals surface area contributed by atoms with Crippen molar-refractivity contribution in [2.45, 2.75) is 25.7 Å². The second-order valence-corrected chi connectivity index (χ2v) is 5.35. The fourth-order valence-electron chi connectivity index (χ4n) is 2.58. The first kappa shape index (κ1) is 12.4. The van der Waals surface area contributed by atoms with E-state index in [1.165, 1.54) is 39.9 Å². The van der Waals surface area contributed by atoms with E-state index in [4.69, 9.17) is 9.47 Å². The van der Waals surface area contributed by atoms with Gasteiger partial charge in [-0.25, -0.2) is 0 Å². The van der Waals surface area contributed by atoms with Crippen molar-refractivity contribution in [2.75, 3.05) is 26.1 Å². The Morgan fingerprint density at radius 3 is 1.95 bits per heavy atom. The summed E-state index contributed by atoms with van der Waals surface area (Å²) in [7, 11) is 3.07. The SMILES string of the molecule is COc1nc(NCC(C2CC2)C2CC2)nc(OC)n1. The van der Waals surface area contributed by atoms with Gasteiger partial charge in [-0.15, -0.1) is 4.98 Å². The molecule has 0 spiro atoms. The summed E-state index contributed by atoms with van der Waals surface area (Å²) in [6.07, 6.45) is 5.53. The van der Waals surface area contributed by atoms with Gasteiger partial charge in [0.25, 0.3) is 0 Å². The molecule has 0 saturated heterocycles. The minimum Gasteiger partial charge on any atom is -0.467 e. The van der Waals surface area contributed by atoms with E-state index in [1.807, 2.05) is 0 Å². The van der Waals surface area contributed by atoms with Crippen molar-refractivity contribution in [2.24, 2.45) is 17.8 Å². The van der Waals surface area contributed by atoms with Crippen molar-refractivity contribution in [1.29, 1.82) is 0 Å². The van der Waals surface area contributed by atoms with E-state index in [0.717, 1.165) is 24.3 Å². The molecular weight excluding hydrogens is 244 g/mol. The Balaban J connectivity index is 1.64. The molecule has 2 aliphatic carbocycles. The van der Waals surface area contributed by atoms with Crippen LogP contribution in [0.2, 0.25) is 0 Å². The number of rotatable bonds is 7. The van der Waals surface area contributed by atoms with Crippen LogP contribution >= 0.6 is 0 Å². The molecule has 1 N–H and O–H groups in total. The standard InChI is InChI=1S/C13H20N4O2/c1-18-12-15-11(16-13(17-12)19-2)14-7-10(8-3-4-8)9-5-6-9/h8-10H,3-7H2,1-2H3,(H,14,15,16,17). The maximum Gasteiger partial charge on any atom is 0.324 e. The monoisotopic (exact) mass is 264 g/mol. The van der Waals surface area contributed by atoms with E-state index in [2.05, 4.69) is 20.3 Å². The summed E-state index contributed by atoms with van der Waals surface area (Å²) < 4.78 is 10.1. The zero-order valence-corrected chi connectivity index (χ0v) is 11.4. The Bertz CT molecular complexity index is 412. The fourth-order valence-corrected chi connectivity index (χ4v) is 2.58. The zero-order valence-electron chi connectivity index (χ0n) is 11.4. The lowest BCUT2D eigenvalue weighted by atomic mass is 9.98. The molecule has 3 rings (SSSR count). The van der Waals surface area contributed by atoms with Crippen LogP contribution in [0.1, 0.15) is 25.7 Å². The van der Waals surface area contributed by atoms with Gasteiger partial charge in [0, 0.05) is 6.54 Å². The highest BCUT2D eigenvalue weighted by atomic mass is 16.5. The molecule has 1 heterocycles. The normalized spacial score (nSPS) is 18.5. The minimum absolute atomic E-state index is 0.281. The Morgan fingerprint density at radius 1 is 1.00 bits per heavy atom. The molecule has 0 aromatic carbocycles. The summed E-state index contributed by atoms with van der Waals surface area (Å²) in [4.78, 5) is 12.4. The van der Waals surface area contributed by atoms with Gasteiger partial charge >= 0.3 is 12.0 Å². The Labute approximate surface area is 113 Å². The molecule has 6 heteroatoms. The second-order valence-electron chi connectivity index (χ2n) is 5.35. The van der Waals surface area contributed by atoms with Crippen LogP contribution in [0.5, 0.6) is 12.0 Å². The van der Waals surface area contributed by atoms with Crippen molar-refractivity contribution in [3.05, 3.63) is 0 Å². The summed E-state index contributed by atoms with van der Waals surface area (Å²) in [5.74, 6) is 3.13. The molecule has 0 unspecified atom stereocenters. The van der Waals surface area contributed by atoms with Crippen molar-refractivity contribution >= 4 is 5.95 Å². The molecule has 6 nitrogen and oxygen atoms in total. The van der Waals surface area contributed by atoms with Crippen molar-refractivity contribution in [1.82, 2.24) is 15.0 Å². The van der Waals surface area contributed by atoms with E-state index >= 15 is 0 Å². The molecular formula is C13H20N4O2. The van der Waals surface area contributed by atoms with Gasteiger partial charge in [-0.05, 0) is 43.4 Å². The molecule has 2 saturated carbocycles. The third-order valence-electron chi connectivity index (χ3n) is 3.91. The zero-order chi connectivity index (χ0) is 13.2. The highest BCUT2D eigenvalue weighted by molar-refractivity contribution is 5.27. The Hall–Kier alpha value is -1.59. The highest BCUT2D eigenvalue weighted by Crippen LogP contribution is 2.49. The first-order valence-electron chi connectivity index (χ1n) is 6.88. The summed E-state index contributed by atoms with van der Waals surface area (Å²) >= 11 is 0. The lowest BCUT2D eigenvalue weighted by molar-refractivity contribution is 0.340. The molecule has 0 amide bonds. The summed E-state index contributed by atoms with van der Waals surface area (Å²) in [5.41, 5.74) is 0. The number of nitrogens with zero attached hydrogens (tertiary/aromatic N) is 3. The molecule has 2 aliphatic rings. The first-order valence-corrected chi connectivity index (χ1v) is 6.88. The van der Waals surface area contributed by atoms with Gasteiger partial charge in [0.15, 0.2) is 0 Å². The number of nitrogens with one attached hydrogen (secondary N) is 1. The van der Waals surface area contributed by atoms with Gasteiger partial charge in [-0.2, -0.15) is 9.97 Å². The molecule has 19 heavy (non-hydrogen) atoms. The molecule has 104 valence electrons. The molecule has 0 radical (unpaired) electrons. The maximum atomic E-state index is 5.04. The predicted molar refractivity (Wildman–Crippen MR) is 70.4 cm³/mol. The van der Waals surface area contributed by atoms with Crippen LogP contribution in [0.3, 0.4) is 0 Å². The first-order chi connectivity index (χ1) is 9.30. The number of hydrogen-bond donors (Lipinski definition) is 1. The lowest BCUT2D eigenvalue weighted by Crippen LogP contribution is -2.19. The molecule has 2 fully saturated rings. The van der Waals surface area contributed by atoms with Crippen LogP contribution in [-0.4, -0.2) is 35.7 Å². The smallest absolute Gasteiger partial charge is 0.324 e. The van der Waals surface area contributed by atoms with Crippen LogP contribution in [-0.2, 0) is 0 Å². The van der Waals surface area contributed by atoms with Gasteiger partial charge < -0.3 is 14.8 Å². The van der Waals surface area contributed by atoms with Crippen molar-refractivity contribution in [3.8, 4) is 12.0 Å². The fraction of sp³-hybridized carbons (Fsp3) is 0.769. The van der Waals surface area contributed by atoms with Crippen LogP contribution in [0.4, 0.5) is 5.95 Å². The average Bonchev–Trinajstić information content (AvgIpc) is 3.30. The van der Waals surface area contributed by atoms with Gasteiger partial charge in [0.1, 0.15) is 0 Å². The number of methoxy groups -OCH3 is 2. The maximum absolute atomic E-state index is 5.04. The summed E-state index contributed by atoms with van der Waals surface area (Å²) in [5, 5.41) is 3.31. The number of anilines is 1. The van der Waals surface area contributed by atoms with E-state index in [-0.39, 0.29) is 12.0 Å². The van der Waals surface area contributed by atoms with Crippen LogP contribution in [0, 0.1) is 17.8 Å². The van der Waals surface area contributed by atoms with Crippen molar-refractivity contribution in [3.63, 3.8) is 0 Å². The van der Waals surface area contributed by atoms with Gasteiger partial charge in [-0.3, -0.25) is 0 Å². The average molecular weight is 264 g/mol. The quantitative estimate of drug-likeness (QED) is 0.809. The predicted octanol–water partition coefficient (Wildman–Crippen LogP) is 1.74. The largest absolute Gasteiger partial charge is 0.467 e. The van der Waals surface area contributed by atoms with E-state index in [9.17, 15) is 0 Å². The third kappa shape index (κ3) is 3.05. The van der Waals surface area contributed by atoms with E-state index < -0.39 is 0 Å². The van der Waals surface area contributed by atoms with Gasteiger partial charge in [0.2, 0.25) is 5.95 Å². The van der Waals surface area contributed by atoms with E-state index in [1.54, 1.807) is 0 Å². The molecule has 0 atom stereocenters. The highest BCUT2D eigenvalue weighted by Gasteiger charge is 2.41. The summed E-state index contributed by atoms with van der Waals surface area (Å²) in [6.45, 7) is 0.936. The molecule has 1 aromatic rings. The summed E-state index contributed by atoms with van der Waals surface area (Å²) in [6, 6.07) is 0.562. The van der Waals surface area contributed by atoms with Gasteiger partial charge in [0.05, 0.1) is 14.2 Å². The second kappa shape index (κ2) is 5.19. The number of ether oxygens (including phenoxy) is 2. The lowest BCUT2D eigenvalue weighted by Gasteiger charge is -2.16. The van der Waals surface area contributed by atoms with Gasteiger partial charge in [-0.1, -0.05) is 0 Å². The third-order valence-corrected chi connectivity index (χ3v) is 3.91. The minimum atomic E-state index is 0.281. The van der Waals surface area contributed by atoms with Crippen LogP contribution in [0.25, 0.3) is 0 Å². The van der Waals surface area contributed by atoms with Crippen molar-refractivity contribution < 1.29 is 9.47 Å². The van der Waals surface area contributed by atoms with Crippen LogP contribution in [0.15, 0.2) is 0 Å². The van der Waals surface area contributed by atoms with Crippen LogP contribution < -0.4 is 14.8 Å². The topological polar surface area (TPSA) is 69.2 Å². The Morgan fingerprint density at radius 2 is 1.53 bits per heavy atom.